The summed E-state index contributed by atoms with van der Waals surface area (Å²) in [5.74, 6) is 0. The molecule has 0 fully saturated rings. The molecule has 0 unspecified atom stereocenters. The molecule has 0 rings (SSSR count). The minimum absolute atomic E-state index is 0. The van der Waals surface area contributed by atoms with E-state index in [0.29, 0.717) is 0 Å². The maximum Gasteiger partial charge on any atom is 3.00 e. The summed E-state index contributed by atoms with van der Waals surface area (Å²) in [6.45, 7) is 0. The Hall–Kier alpha value is 1.64. The van der Waals surface area contributed by atoms with E-state index in [1.165, 1.54) is 0 Å². The normalized spacial score (nSPS) is 8.43. The van der Waals surface area contributed by atoms with E-state index >= 15 is 0 Å². The molecule has 0 amide bonds. The Morgan fingerprint density at radius 2 is 1.14 bits per heavy atom. The van der Waals surface area contributed by atoms with Crippen LogP contribution in [0, 0.1) is 0 Å². The van der Waals surface area contributed by atoms with Crippen LogP contribution in [0.5, 0.6) is 0 Å². The average molecular weight is 170 g/mol. The third-order valence-corrected chi connectivity index (χ3v) is 0. The van der Waals surface area contributed by atoms with Crippen LogP contribution in [0.2, 0.25) is 0 Å². The van der Waals surface area contributed by atoms with E-state index in [2.05, 4.69) is 0 Å². The van der Waals surface area contributed by atoms with Crippen LogP contribution in [0.1, 0.15) is 0 Å². The Morgan fingerprint density at radius 3 is 1.14 bits per heavy atom. The topological polar surface area (TPSA) is 86.2 Å². The van der Waals surface area contributed by atoms with Crippen LogP contribution in [0.3, 0.4) is 0 Å². The first-order chi connectivity index (χ1) is 2.00. The monoisotopic (exact) mass is 170 g/mol. The van der Waals surface area contributed by atoms with Gasteiger partial charge in [-0.2, -0.15) is 7.82 Å². The largest absolute Gasteiger partial charge is 3.00 e. The fourth-order valence-electron chi connectivity index (χ4n) is 0. The Labute approximate surface area is 73.6 Å². The third kappa shape index (κ3) is 90.2. The molecule has 0 heterocycles. The Balaban J connectivity index is -0.0000000800. The zero-order valence-electron chi connectivity index (χ0n) is 3.49. The summed E-state index contributed by atoms with van der Waals surface area (Å²) in [6.07, 6.45) is 0. The molecule has 0 spiro atoms. The van der Waals surface area contributed by atoms with E-state index in [1.54, 1.807) is 0 Å². The zero-order chi connectivity index (χ0) is 4.50. The van der Waals surface area contributed by atoms with Gasteiger partial charge in [-0.05, 0) is 0 Å². The molecule has 35 valence electrons. The predicted molar refractivity (Wildman–Crippen MR) is 7.61 cm³/mol. The molecule has 0 aromatic heterocycles. The van der Waals surface area contributed by atoms with Gasteiger partial charge in [0.15, 0.2) is 0 Å². The molecular formula is CrNaO4P+. The van der Waals surface area contributed by atoms with E-state index in [0.717, 1.165) is 0 Å². The summed E-state index contributed by atoms with van der Waals surface area (Å²) in [5.41, 5.74) is 0. The Morgan fingerprint density at radius 1 is 1.14 bits per heavy atom. The van der Waals surface area contributed by atoms with Gasteiger partial charge in [0.25, 0.3) is 0 Å². The van der Waals surface area contributed by atoms with Crippen LogP contribution in [0.25, 0.3) is 0 Å². The molecule has 0 aliphatic heterocycles. The molecule has 0 aromatic rings. The van der Waals surface area contributed by atoms with Crippen molar-refractivity contribution in [2.45, 2.75) is 0 Å². The molecule has 4 nitrogen and oxygen atoms in total. The van der Waals surface area contributed by atoms with Crippen LogP contribution in [-0.4, -0.2) is 0 Å². The molecule has 1 radical (unpaired) electrons. The van der Waals surface area contributed by atoms with Crippen LogP contribution in [0.15, 0.2) is 0 Å². The van der Waals surface area contributed by atoms with Crippen molar-refractivity contribution in [3.05, 3.63) is 0 Å². The molecule has 7 heteroatoms. The minimum Gasteiger partial charge on any atom is -0.822 e. The number of phosphoric acid groups is 1. The van der Waals surface area contributed by atoms with Crippen molar-refractivity contribution in [2.24, 2.45) is 0 Å². The van der Waals surface area contributed by atoms with Crippen molar-refractivity contribution in [2.75, 3.05) is 0 Å². The van der Waals surface area contributed by atoms with Crippen molar-refractivity contribution in [1.82, 2.24) is 0 Å². The molecule has 0 aliphatic rings. The number of rotatable bonds is 0. The van der Waals surface area contributed by atoms with Crippen molar-refractivity contribution in [1.29, 1.82) is 0 Å². The van der Waals surface area contributed by atoms with Gasteiger partial charge in [-0.25, -0.2) is 0 Å². The molecular weight excluding hydrogens is 170 g/mol. The first-order valence-corrected chi connectivity index (χ1v) is 2.19. The first kappa shape index (κ1) is 15.9. The minimum atomic E-state index is -5.39. The summed E-state index contributed by atoms with van der Waals surface area (Å²) >= 11 is 0. The van der Waals surface area contributed by atoms with Gasteiger partial charge in [0, 0.05) is 0 Å². The van der Waals surface area contributed by atoms with E-state index < -0.39 is 7.82 Å². The van der Waals surface area contributed by atoms with Crippen LogP contribution in [0.4, 0.5) is 0 Å². The van der Waals surface area contributed by atoms with E-state index in [9.17, 15) is 0 Å². The van der Waals surface area contributed by atoms with E-state index in [-0.39, 0.29) is 46.9 Å². The van der Waals surface area contributed by atoms with Gasteiger partial charge in [-0.1, -0.05) is 0 Å². The number of hydrogen-bond donors (Lipinski definition) is 0. The van der Waals surface area contributed by atoms with Crippen molar-refractivity contribution in [3.63, 3.8) is 0 Å². The zero-order valence-corrected chi connectivity index (χ0v) is 7.66. The summed E-state index contributed by atoms with van der Waals surface area (Å²) in [7, 11) is -5.39. The SMILES string of the molecule is O=P([O-])([O-])[O-].[Cr+3].[Na+]. The van der Waals surface area contributed by atoms with Gasteiger partial charge >= 0.3 is 46.9 Å². The molecule has 0 saturated carbocycles. The molecule has 0 bridgehead atoms. The second-order valence-corrected chi connectivity index (χ2v) is 1.34. The van der Waals surface area contributed by atoms with Crippen molar-refractivity contribution < 1.29 is 66.2 Å². The second-order valence-electron chi connectivity index (χ2n) is 0.447. The fraction of sp³-hybridized carbons (Fsp3) is 0. The van der Waals surface area contributed by atoms with Crippen molar-refractivity contribution >= 4 is 7.82 Å². The van der Waals surface area contributed by atoms with Crippen LogP contribution < -0.4 is 44.2 Å². The predicted octanol–water partition coefficient (Wildman–Crippen LogP) is -5.82. The van der Waals surface area contributed by atoms with Gasteiger partial charge in [-0.15, -0.1) is 0 Å². The van der Waals surface area contributed by atoms with Gasteiger partial charge in [0.2, 0.25) is 0 Å². The molecule has 0 atom stereocenters. The maximum atomic E-state index is 8.55. The summed E-state index contributed by atoms with van der Waals surface area (Å²) in [6, 6.07) is 0. The molecule has 0 saturated heterocycles. The van der Waals surface area contributed by atoms with Gasteiger partial charge in [0.05, 0.1) is 0 Å². The summed E-state index contributed by atoms with van der Waals surface area (Å²) in [4.78, 5) is 25.6. The van der Waals surface area contributed by atoms with Gasteiger partial charge < -0.3 is 19.2 Å². The van der Waals surface area contributed by atoms with Crippen LogP contribution in [-0.2, 0) is 21.9 Å². The average Bonchev–Trinajstić information content (AvgIpc) is 0.722. The third-order valence-electron chi connectivity index (χ3n) is 0. The smallest absolute Gasteiger partial charge is 0.822 e. The van der Waals surface area contributed by atoms with Crippen molar-refractivity contribution in [3.8, 4) is 0 Å². The molecule has 0 aliphatic carbocycles. The Bertz CT molecular complexity index is 57.8. The summed E-state index contributed by atoms with van der Waals surface area (Å²) < 4.78 is 8.55. The van der Waals surface area contributed by atoms with Gasteiger partial charge in [0.1, 0.15) is 0 Å². The molecule has 0 aromatic carbocycles. The number of hydrogen-bond acceptors (Lipinski definition) is 4. The van der Waals surface area contributed by atoms with E-state index in [1.807, 2.05) is 0 Å². The summed E-state index contributed by atoms with van der Waals surface area (Å²) in [5, 5.41) is 0. The van der Waals surface area contributed by atoms with E-state index in [4.69, 9.17) is 19.2 Å². The van der Waals surface area contributed by atoms with Crippen LogP contribution >= 0.6 is 7.82 Å². The first-order valence-electron chi connectivity index (χ1n) is 0.730. The standard InChI is InChI=1S/Cr.Na.H3O4P/c;;1-5(2,3)4/h;;(H3,1,2,3,4)/q+3;+1;/p-3. The van der Waals surface area contributed by atoms with Gasteiger partial charge in [-0.3, -0.25) is 0 Å². The maximum absolute atomic E-state index is 8.55. The quantitative estimate of drug-likeness (QED) is 0.267. The molecule has 0 N–H and O–H groups in total. The fourth-order valence-corrected chi connectivity index (χ4v) is 0. The Kier molecular flexibility index (Phi) is 13.1. The second kappa shape index (κ2) is 5.77. The molecule has 7 heavy (non-hydrogen) atoms.